The van der Waals surface area contributed by atoms with Crippen molar-refractivity contribution in [2.24, 2.45) is 11.8 Å². The lowest BCUT2D eigenvalue weighted by Gasteiger charge is -2.39. The van der Waals surface area contributed by atoms with E-state index in [-0.39, 0.29) is 53.5 Å². The van der Waals surface area contributed by atoms with E-state index < -0.39 is 76.6 Å². The van der Waals surface area contributed by atoms with Crippen LogP contribution in [0.25, 0.3) is 10.9 Å². The van der Waals surface area contributed by atoms with Crippen LogP contribution in [0, 0.1) is 17.7 Å². The maximum atomic E-state index is 14.7. The van der Waals surface area contributed by atoms with Crippen LogP contribution in [0.3, 0.4) is 0 Å². The zero-order valence-corrected chi connectivity index (χ0v) is 31.9. The van der Waals surface area contributed by atoms with Crippen molar-refractivity contribution >= 4 is 40.4 Å². The zero-order chi connectivity index (χ0) is 41.7. The number of hydrogen-bond acceptors (Lipinski definition) is 6. The van der Waals surface area contributed by atoms with Gasteiger partial charge in [-0.1, -0.05) is 70.9 Å². The second kappa shape index (κ2) is 17.5. The number of aryl methyl sites for hydroxylation is 1. The molecule has 2 unspecified atom stereocenters. The van der Waals surface area contributed by atoms with Gasteiger partial charge in [0.25, 0.3) is 11.8 Å². The van der Waals surface area contributed by atoms with Crippen LogP contribution in [0.15, 0.2) is 66.7 Å². The predicted octanol–water partition coefficient (Wildman–Crippen LogP) is 5.14. The molecule has 12 nitrogen and oxygen atoms in total. The largest absolute Gasteiger partial charge is 0.508 e. The number of carbonyl (C=O) groups is 5. The summed E-state index contributed by atoms with van der Waals surface area (Å²) >= 11 is 0. The number of amides is 5. The van der Waals surface area contributed by atoms with E-state index in [2.05, 4.69) is 31.8 Å². The first-order valence-corrected chi connectivity index (χ1v) is 18.7. The minimum Gasteiger partial charge on any atom is -0.508 e. The summed E-state index contributed by atoms with van der Waals surface area (Å²) in [6, 6.07) is 12.2. The monoisotopic (exact) mass is 794 g/mol. The molecular weight excluding hydrogens is 748 g/mol. The molecule has 1 aliphatic rings. The van der Waals surface area contributed by atoms with Crippen molar-refractivity contribution in [2.45, 2.75) is 90.0 Å². The molecule has 0 saturated heterocycles. The van der Waals surface area contributed by atoms with Gasteiger partial charge in [0.2, 0.25) is 17.7 Å². The van der Waals surface area contributed by atoms with Crippen LogP contribution in [-0.2, 0) is 44.6 Å². The summed E-state index contributed by atoms with van der Waals surface area (Å²) in [5.74, 6) is -5.37. The third-order valence-corrected chi connectivity index (χ3v) is 10.7. The summed E-state index contributed by atoms with van der Waals surface area (Å²) in [5, 5.41) is 18.0. The Labute approximate surface area is 326 Å². The van der Waals surface area contributed by atoms with Gasteiger partial charge in [0.15, 0.2) is 0 Å². The maximum Gasteiger partial charge on any atom is 0.418 e. The number of nitrogens with one attached hydrogen (secondary N) is 6. The molecule has 5 rings (SSSR count). The number of halogens is 4. The SMILES string of the molecule is CCC(C)[C@H](NC(=O)Cc1ccccc1F)C(=O)N[C@]1(C(=O)N[C@H](C(=O)NNC(=O)c2ccc(O)cc2)C(C)CC)CCc2[nH]c3c(C(F)(F)F)cccc3c2C1. The number of carbonyl (C=O) groups excluding carboxylic acids is 5. The van der Waals surface area contributed by atoms with Crippen molar-refractivity contribution in [3.8, 4) is 5.75 Å². The molecule has 7 N–H and O–H groups in total. The Kier molecular flexibility index (Phi) is 12.9. The van der Waals surface area contributed by atoms with Gasteiger partial charge in [-0.15, -0.1) is 0 Å². The van der Waals surface area contributed by atoms with Gasteiger partial charge in [0.05, 0.1) is 17.5 Å². The first-order chi connectivity index (χ1) is 27.0. The average Bonchev–Trinajstić information content (AvgIpc) is 3.55. The molecule has 1 aromatic heterocycles. The standard InChI is InChI=1S/C41H46F4N6O6/c1-5-22(3)33(47-32(53)20-25-10-7-8-13-30(25)42)37(55)49-40(19-18-31-28(21-40)27-11-9-12-29(35(27)46-31)41(43,44)45)39(57)48-34(23(4)6-2)38(56)51-50-36(54)24-14-16-26(52)17-15-24/h7-17,22-23,33-34,46,52H,5-6,18-21H2,1-4H3,(H,47,53)(H,48,57)(H,49,55)(H,50,54)(H,51,56)/t22?,23?,33-,34-,40+/m0/s1. The number of hydrogen-bond donors (Lipinski definition) is 7. The second-order valence-electron chi connectivity index (χ2n) is 14.6. The minimum absolute atomic E-state index is 0.0333. The van der Waals surface area contributed by atoms with Crippen LogP contribution < -0.4 is 26.8 Å². The Hall–Kier alpha value is -5.93. The van der Waals surface area contributed by atoms with Gasteiger partial charge in [0, 0.05) is 23.1 Å². The molecule has 4 aromatic rings. The van der Waals surface area contributed by atoms with Gasteiger partial charge in [-0.05, 0) is 72.2 Å². The molecule has 3 aromatic carbocycles. The van der Waals surface area contributed by atoms with E-state index in [1.54, 1.807) is 33.8 Å². The highest BCUT2D eigenvalue weighted by Gasteiger charge is 2.47. The number of benzene rings is 3. The second-order valence-corrected chi connectivity index (χ2v) is 14.6. The van der Waals surface area contributed by atoms with Crippen LogP contribution in [0.4, 0.5) is 17.6 Å². The van der Waals surface area contributed by atoms with Crippen molar-refractivity contribution in [3.05, 3.63) is 100 Å². The normalized spacial score (nSPS) is 17.3. The number of rotatable bonds is 13. The van der Waals surface area contributed by atoms with E-state index in [1.807, 2.05) is 0 Å². The molecule has 1 heterocycles. The molecule has 16 heteroatoms. The predicted molar refractivity (Wildman–Crippen MR) is 203 cm³/mol. The topological polar surface area (TPSA) is 182 Å². The first kappa shape index (κ1) is 42.2. The molecule has 0 bridgehead atoms. The van der Waals surface area contributed by atoms with Crippen molar-refractivity contribution in [1.29, 1.82) is 0 Å². The Bertz CT molecular complexity index is 2140. The van der Waals surface area contributed by atoms with Crippen LogP contribution in [0.5, 0.6) is 5.75 Å². The maximum absolute atomic E-state index is 14.7. The average molecular weight is 795 g/mol. The first-order valence-electron chi connectivity index (χ1n) is 18.7. The van der Waals surface area contributed by atoms with Crippen molar-refractivity contribution in [2.75, 3.05) is 0 Å². The summed E-state index contributed by atoms with van der Waals surface area (Å²) in [6.07, 6.45) is -4.59. The number of alkyl halides is 3. The highest BCUT2D eigenvalue weighted by molar-refractivity contribution is 6.00. The van der Waals surface area contributed by atoms with E-state index in [0.717, 1.165) is 6.07 Å². The molecule has 0 saturated carbocycles. The number of para-hydroxylation sites is 1. The molecule has 304 valence electrons. The fraction of sp³-hybridized carbons (Fsp3) is 0.390. The van der Waals surface area contributed by atoms with E-state index in [1.165, 1.54) is 54.6 Å². The Balaban J connectivity index is 1.48. The summed E-state index contributed by atoms with van der Waals surface area (Å²) in [6.45, 7) is 6.98. The van der Waals surface area contributed by atoms with E-state index >= 15 is 0 Å². The van der Waals surface area contributed by atoms with Crippen molar-refractivity contribution in [3.63, 3.8) is 0 Å². The summed E-state index contributed by atoms with van der Waals surface area (Å²) in [4.78, 5) is 71.5. The van der Waals surface area contributed by atoms with Gasteiger partial charge in [0.1, 0.15) is 29.2 Å². The number of aromatic hydroxyl groups is 1. The smallest absolute Gasteiger partial charge is 0.418 e. The van der Waals surface area contributed by atoms with Gasteiger partial charge >= 0.3 is 6.18 Å². The van der Waals surface area contributed by atoms with Crippen molar-refractivity contribution < 1.29 is 46.6 Å². The third-order valence-electron chi connectivity index (χ3n) is 10.7. The lowest BCUT2D eigenvalue weighted by molar-refractivity contribution is -0.139. The lowest BCUT2D eigenvalue weighted by Crippen LogP contribution is -2.67. The van der Waals surface area contributed by atoms with Crippen LogP contribution in [0.2, 0.25) is 0 Å². The van der Waals surface area contributed by atoms with E-state index in [0.29, 0.717) is 24.1 Å². The Morgan fingerprint density at radius 3 is 2.12 bits per heavy atom. The number of phenols is 1. The summed E-state index contributed by atoms with van der Waals surface area (Å²) in [5.41, 5.74) is 2.77. The van der Waals surface area contributed by atoms with Gasteiger partial charge in [-0.25, -0.2) is 4.39 Å². The molecule has 0 fully saturated rings. The highest BCUT2D eigenvalue weighted by Crippen LogP contribution is 2.40. The molecule has 57 heavy (non-hydrogen) atoms. The fourth-order valence-electron chi connectivity index (χ4n) is 6.98. The third kappa shape index (κ3) is 9.55. The summed E-state index contributed by atoms with van der Waals surface area (Å²) < 4.78 is 56.6. The molecule has 0 aliphatic heterocycles. The number of aromatic nitrogens is 1. The van der Waals surface area contributed by atoms with Gasteiger partial charge in [-0.2, -0.15) is 13.2 Å². The molecular formula is C41H46F4N6O6. The van der Waals surface area contributed by atoms with E-state index in [4.69, 9.17) is 0 Å². The van der Waals surface area contributed by atoms with Crippen molar-refractivity contribution in [1.82, 2.24) is 31.8 Å². The van der Waals surface area contributed by atoms with Gasteiger partial charge in [-0.3, -0.25) is 34.8 Å². The summed E-state index contributed by atoms with van der Waals surface area (Å²) in [7, 11) is 0. The minimum atomic E-state index is -4.69. The number of phenolic OH excluding ortho intramolecular Hbond substituents is 1. The highest BCUT2D eigenvalue weighted by atomic mass is 19.4. The number of aromatic amines is 1. The van der Waals surface area contributed by atoms with Crippen LogP contribution in [0.1, 0.15) is 79.7 Å². The molecule has 1 aliphatic carbocycles. The molecule has 0 spiro atoms. The number of fused-ring (bicyclic) bond motifs is 3. The van der Waals surface area contributed by atoms with E-state index in [9.17, 15) is 46.6 Å². The molecule has 5 atom stereocenters. The fourth-order valence-corrected chi connectivity index (χ4v) is 6.98. The zero-order valence-electron chi connectivity index (χ0n) is 31.9. The molecule has 0 radical (unpaired) electrons. The van der Waals surface area contributed by atoms with Crippen LogP contribution in [-0.4, -0.2) is 57.2 Å². The number of hydrazine groups is 1. The Morgan fingerprint density at radius 1 is 0.842 bits per heavy atom. The quantitative estimate of drug-likeness (QED) is 0.0727. The van der Waals surface area contributed by atoms with Gasteiger partial charge < -0.3 is 26.0 Å². The van der Waals surface area contributed by atoms with Crippen LogP contribution >= 0.6 is 0 Å². The Morgan fingerprint density at radius 2 is 1.49 bits per heavy atom. The lowest BCUT2D eigenvalue weighted by atomic mass is 9.78. The molecule has 5 amide bonds. The number of H-pyrrole nitrogens is 1.